The summed E-state index contributed by atoms with van der Waals surface area (Å²) in [5.74, 6) is 0.406. The summed E-state index contributed by atoms with van der Waals surface area (Å²) in [7, 11) is -3.17. The van der Waals surface area contributed by atoms with Crippen LogP contribution in [0.25, 0.3) is 0 Å². The lowest BCUT2D eigenvalue weighted by Gasteiger charge is -2.31. The minimum Gasteiger partial charge on any atom is -0.335 e. The number of nitrogens with one attached hydrogen (secondary N) is 1. The fraction of sp³-hybridized carbons (Fsp3) is 0.688. The summed E-state index contributed by atoms with van der Waals surface area (Å²) in [5, 5.41) is 0. The molecule has 5 nitrogen and oxygen atoms in total. The number of hydrogen-bond donors (Lipinski definition) is 1. The second kappa shape index (κ2) is 5.57. The fourth-order valence-electron chi connectivity index (χ4n) is 4.36. The van der Waals surface area contributed by atoms with Gasteiger partial charge in [-0.15, -0.1) is 11.3 Å². The van der Waals surface area contributed by atoms with Crippen LogP contribution in [-0.2, 0) is 22.9 Å². The van der Waals surface area contributed by atoms with Crippen LogP contribution >= 0.6 is 11.3 Å². The van der Waals surface area contributed by atoms with E-state index in [0.29, 0.717) is 6.54 Å². The summed E-state index contributed by atoms with van der Waals surface area (Å²) in [4.78, 5) is 17.1. The average molecular weight is 354 g/mol. The number of hydrogen-bond acceptors (Lipinski definition) is 4. The van der Waals surface area contributed by atoms with Crippen LogP contribution < -0.4 is 4.72 Å². The fourth-order valence-corrected chi connectivity index (χ4v) is 6.41. The molecule has 23 heavy (non-hydrogen) atoms. The van der Waals surface area contributed by atoms with Crippen molar-refractivity contribution in [3.63, 3.8) is 0 Å². The molecule has 4 rings (SSSR count). The average Bonchev–Trinajstić information content (AvgIpc) is 3.17. The molecule has 2 heterocycles. The van der Waals surface area contributed by atoms with E-state index in [-0.39, 0.29) is 23.9 Å². The minimum atomic E-state index is -3.17. The van der Waals surface area contributed by atoms with Gasteiger partial charge < -0.3 is 4.90 Å². The van der Waals surface area contributed by atoms with E-state index >= 15 is 0 Å². The zero-order valence-corrected chi connectivity index (χ0v) is 14.9. The standard InChI is InChI=1S/C16H22N2O3S2/c1-23(20,21)17-13-8-12-6-11(13)9-18(12)16(19)15-7-10-4-2-3-5-14(10)22-15/h7,11-13,17H,2-6,8-9H2,1H3/t11-,12-,13-/m0/s1. The molecule has 1 amide bonds. The first-order valence-corrected chi connectivity index (χ1v) is 11.0. The van der Waals surface area contributed by atoms with Crippen molar-refractivity contribution in [3.8, 4) is 0 Å². The van der Waals surface area contributed by atoms with Crippen molar-refractivity contribution in [1.29, 1.82) is 0 Å². The molecule has 2 fully saturated rings. The van der Waals surface area contributed by atoms with Crippen molar-refractivity contribution in [2.24, 2.45) is 5.92 Å². The molecule has 1 aromatic heterocycles. The van der Waals surface area contributed by atoms with Crippen LogP contribution in [0.3, 0.4) is 0 Å². The van der Waals surface area contributed by atoms with Crippen LogP contribution in [0.15, 0.2) is 6.07 Å². The third-order valence-electron chi connectivity index (χ3n) is 5.38. The number of nitrogens with zero attached hydrogens (tertiary/aromatic N) is 1. The van der Waals surface area contributed by atoms with Gasteiger partial charge in [-0.1, -0.05) is 0 Å². The van der Waals surface area contributed by atoms with Crippen LogP contribution in [0.2, 0.25) is 0 Å². The van der Waals surface area contributed by atoms with Crippen LogP contribution in [0.1, 0.15) is 45.8 Å². The molecule has 1 saturated heterocycles. The van der Waals surface area contributed by atoms with E-state index < -0.39 is 10.0 Å². The first kappa shape index (κ1) is 15.6. The highest BCUT2D eigenvalue weighted by Gasteiger charge is 2.47. The highest BCUT2D eigenvalue weighted by Crippen LogP contribution is 2.40. The summed E-state index contributed by atoms with van der Waals surface area (Å²) < 4.78 is 25.6. The molecular weight excluding hydrogens is 332 g/mol. The van der Waals surface area contributed by atoms with E-state index in [0.717, 1.165) is 30.6 Å². The maximum Gasteiger partial charge on any atom is 0.264 e. The zero-order chi connectivity index (χ0) is 16.2. The minimum absolute atomic E-state index is 0.00408. The Morgan fingerprint density at radius 3 is 2.74 bits per heavy atom. The van der Waals surface area contributed by atoms with Crippen molar-refractivity contribution in [1.82, 2.24) is 9.62 Å². The van der Waals surface area contributed by atoms with Gasteiger partial charge in [0.25, 0.3) is 5.91 Å². The van der Waals surface area contributed by atoms with Gasteiger partial charge in [-0.3, -0.25) is 4.79 Å². The van der Waals surface area contributed by atoms with Gasteiger partial charge in [0.2, 0.25) is 10.0 Å². The molecule has 0 unspecified atom stereocenters. The number of sulfonamides is 1. The summed E-state index contributed by atoms with van der Waals surface area (Å²) in [6.45, 7) is 0.680. The number of piperidine rings is 1. The highest BCUT2D eigenvalue weighted by atomic mass is 32.2. The highest BCUT2D eigenvalue weighted by molar-refractivity contribution is 7.88. The first-order chi connectivity index (χ1) is 10.9. The van der Waals surface area contributed by atoms with Crippen LogP contribution in [0.5, 0.6) is 0 Å². The molecule has 7 heteroatoms. The topological polar surface area (TPSA) is 66.5 Å². The van der Waals surface area contributed by atoms with Gasteiger partial charge in [0.05, 0.1) is 11.1 Å². The quantitative estimate of drug-likeness (QED) is 0.900. The summed E-state index contributed by atoms with van der Waals surface area (Å²) in [6.07, 6.45) is 7.54. The van der Waals surface area contributed by atoms with Crippen LogP contribution in [-0.4, -0.2) is 44.1 Å². The molecule has 3 aliphatic rings. The summed E-state index contributed by atoms with van der Waals surface area (Å²) >= 11 is 1.67. The maximum atomic E-state index is 12.8. The lowest BCUT2D eigenvalue weighted by molar-refractivity contribution is 0.0696. The molecule has 2 aliphatic carbocycles. The molecule has 1 aliphatic heterocycles. The Morgan fingerprint density at radius 2 is 2.09 bits per heavy atom. The normalized spacial score (nSPS) is 29.8. The summed E-state index contributed by atoms with van der Waals surface area (Å²) in [6, 6.07) is 2.28. The van der Waals surface area contributed by atoms with Crippen molar-refractivity contribution < 1.29 is 13.2 Å². The Bertz CT molecular complexity index is 717. The predicted octanol–water partition coefficient (Wildman–Crippen LogP) is 1.78. The molecule has 3 atom stereocenters. The van der Waals surface area contributed by atoms with Gasteiger partial charge >= 0.3 is 0 Å². The number of amides is 1. The molecule has 126 valence electrons. The number of fused-ring (bicyclic) bond motifs is 3. The molecule has 0 spiro atoms. The van der Waals surface area contributed by atoms with E-state index in [1.54, 1.807) is 11.3 Å². The van der Waals surface area contributed by atoms with Crippen molar-refractivity contribution >= 4 is 27.3 Å². The van der Waals surface area contributed by atoms with Gasteiger partial charge in [0.1, 0.15) is 0 Å². The van der Waals surface area contributed by atoms with E-state index in [1.165, 1.54) is 29.5 Å². The van der Waals surface area contributed by atoms with Gasteiger partial charge in [-0.25, -0.2) is 13.1 Å². The van der Waals surface area contributed by atoms with E-state index in [4.69, 9.17) is 0 Å². The van der Waals surface area contributed by atoms with Crippen LogP contribution in [0.4, 0.5) is 0 Å². The number of likely N-dealkylation sites (tertiary alicyclic amines) is 1. The Morgan fingerprint density at radius 1 is 1.30 bits per heavy atom. The Labute approximate surface area is 141 Å². The second-order valence-electron chi connectivity index (χ2n) is 7.11. The van der Waals surface area contributed by atoms with Crippen molar-refractivity contribution in [2.75, 3.05) is 12.8 Å². The van der Waals surface area contributed by atoms with E-state index in [1.807, 2.05) is 4.90 Å². The third kappa shape index (κ3) is 2.94. The Hall–Kier alpha value is -0.920. The summed E-state index contributed by atoms with van der Waals surface area (Å²) in [5.41, 5.74) is 1.37. The van der Waals surface area contributed by atoms with Crippen LogP contribution in [0, 0.1) is 5.92 Å². The predicted molar refractivity (Wildman–Crippen MR) is 90.3 cm³/mol. The van der Waals surface area contributed by atoms with Gasteiger partial charge in [0, 0.05) is 23.5 Å². The molecule has 2 bridgehead atoms. The number of aryl methyl sites for hydroxylation is 2. The zero-order valence-electron chi connectivity index (χ0n) is 13.2. The molecular formula is C16H22N2O3S2. The van der Waals surface area contributed by atoms with E-state index in [2.05, 4.69) is 10.8 Å². The lowest BCUT2D eigenvalue weighted by atomic mass is 9.99. The molecule has 1 aromatic rings. The monoisotopic (exact) mass is 354 g/mol. The largest absolute Gasteiger partial charge is 0.335 e. The number of thiophene rings is 1. The van der Waals surface area contributed by atoms with Gasteiger partial charge in [0.15, 0.2) is 0 Å². The molecule has 0 aromatic carbocycles. The number of carbonyl (C=O) groups is 1. The second-order valence-corrected chi connectivity index (χ2v) is 10.0. The Kier molecular flexibility index (Phi) is 3.77. The smallest absolute Gasteiger partial charge is 0.264 e. The number of carbonyl (C=O) groups excluding carboxylic acids is 1. The van der Waals surface area contributed by atoms with Crippen molar-refractivity contribution in [2.45, 2.75) is 50.6 Å². The van der Waals surface area contributed by atoms with Gasteiger partial charge in [-0.2, -0.15) is 0 Å². The lowest BCUT2D eigenvalue weighted by Crippen LogP contribution is -2.47. The molecule has 0 radical (unpaired) electrons. The van der Waals surface area contributed by atoms with Crippen molar-refractivity contribution in [3.05, 3.63) is 21.4 Å². The molecule has 1 saturated carbocycles. The molecule has 1 N–H and O–H groups in total. The first-order valence-electron chi connectivity index (χ1n) is 8.30. The Balaban J connectivity index is 1.47. The maximum absolute atomic E-state index is 12.8. The number of rotatable bonds is 3. The van der Waals surface area contributed by atoms with E-state index in [9.17, 15) is 13.2 Å². The third-order valence-corrected chi connectivity index (χ3v) is 7.33. The van der Waals surface area contributed by atoms with Gasteiger partial charge in [-0.05, 0) is 56.1 Å². The SMILES string of the molecule is CS(=O)(=O)N[C@H]1C[C@@H]2C[C@H]1CN2C(=O)c1cc2c(s1)CCCC2.